The van der Waals surface area contributed by atoms with Crippen molar-refractivity contribution < 1.29 is 9.72 Å². The lowest BCUT2D eigenvalue weighted by molar-refractivity contribution is -0.314. The molecule has 2 aromatic carbocycles. The first-order valence-corrected chi connectivity index (χ1v) is 8.79. The van der Waals surface area contributed by atoms with Crippen molar-refractivity contribution in [1.29, 1.82) is 5.26 Å². The van der Waals surface area contributed by atoms with Gasteiger partial charge in [0.25, 0.3) is 5.65 Å². The summed E-state index contributed by atoms with van der Waals surface area (Å²) in [5.41, 5.74) is 3.52. The van der Waals surface area contributed by atoms with Gasteiger partial charge in [0, 0.05) is 5.39 Å². The number of nitriles is 1. The molecule has 0 bridgehead atoms. The summed E-state index contributed by atoms with van der Waals surface area (Å²) in [5, 5.41) is 11.9. The number of benzene rings is 2. The molecule has 6 heteroatoms. The van der Waals surface area contributed by atoms with E-state index in [1.165, 1.54) is 4.40 Å². The van der Waals surface area contributed by atoms with Crippen LogP contribution in [0.25, 0.3) is 38.5 Å². The third-order valence-electron chi connectivity index (χ3n) is 5.00. The lowest BCUT2D eigenvalue weighted by Gasteiger charge is -2.06. The molecule has 0 aliphatic heterocycles. The summed E-state index contributed by atoms with van der Waals surface area (Å²) in [6.45, 7) is 1.94. The Hall–Kier alpha value is -3.98. The van der Waals surface area contributed by atoms with E-state index in [1.807, 2.05) is 49.4 Å². The SMILES string of the molecule is COc1ccc2[nH+]c3c(cc(C#N)c4nc5ccc(C)cc5c(=O)n43)cc2c1. The van der Waals surface area contributed by atoms with Crippen LogP contribution in [0.4, 0.5) is 0 Å². The zero-order valence-corrected chi connectivity index (χ0v) is 15.3. The number of rotatable bonds is 1. The minimum atomic E-state index is -0.199. The Morgan fingerprint density at radius 1 is 1.11 bits per heavy atom. The van der Waals surface area contributed by atoms with Crippen LogP contribution in [0.15, 0.2) is 53.3 Å². The van der Waals surface area contributed by atoms with Crippen LogP contribution in [-0.4, -0.2) is 16.5 Å². The number of aromatic nitrogens is 3. The summed E-state index contributed by atoms with van der Waals surface area (Å²) < 4.78 is 6.80. The lowest BCUT2D eigenvalue weighted by atomic mass is 10.1. The van der Waals surface area contributed by atoms with Gasteiger partial charge in [0.2, 0.25) is 5.65 Å². The number of aromatic amines is 1. The number of nitrogens with zero attached hydrogens (tertiary/aromatic N) is 3. The van der Waals surface area contributed by atoms with Crippen molar-refractivity contribution in [2.45, 2.75) is 6.92 Å². The predicted molar refractivity (Wildman–Crippen MR) is 107 cm³/mol. The molecule has 3 heterocycles. The number of pyridine rings is 2. The summed E-state index contributed by atoms with van der Waals surface area (Å²) in [5.74, 6) is 0.738. The maximum Gasteiger partial charge on any atom is 0.349 e. The first-order chi connectivity index (χ1) is 13.6. The summed E-state index contributed by atoms with van der Waals surface area (Å²) in [6.07, 6.45) is 0. The van der Waals surface area contributed by atoms with Crippen LogP contribution in [0.1, 0.15) is 11.1 Å². The number of fused-ring (bicyclic) bond motifs is 5. The van der Waals surface area contributed by atoms with Crippen molar-refractivity contribution in [3.05, 3.63) is 70.0 Å². The lowest BCUT2D eigenvalue weighted by Crippen LogP contribution is -2.22. The van der Waals surface area contributed by atoms with E-state index in [1.54, 1.807) is 13.2 Å². The van der Waals surface area contributed by atoms with Crippen LogP contribution in [0, 0.1) is 18.3 Å². The molecular weight excluding hydrogens is 352 g/mol. The Balaban J connectivity index is 2.03. The Morgan fingerprint density at radius 2 is 1.96 bits per heavy atom. The molecule has 0 spiro atoms. The maximum absolute atomic E-state index is 13.3. The number of nitrogens with one attached hydrogen (secondary N) is 1. The van der Waals surface area contributed by atoms with E-state index in [9.17, 15) is 10.1 Å². The zero-order valence-electron chi connectivity index (χ0n) is 15.3. The highest BCUT2D eigenvalue weighted by Crippen LogP contribution is 2.24. The van der Waals surface area contributed by atoms with Crippen LogP contribution in [0.2, 0.25) is 0 Å². The molecule has 0 atom stereocenters. The first kappa shape index (κ1) is 16.2. The molecule has 0 aliphatic carbocycles. The molecule has 0 radical (unpaired) electrons. The van der Waals surface area contributed by atoms with Gasteiger partial charge in [-0.15, -0.1) is 4.40 Å². The summed E-state index contributed by atoms with van der Waals surface area (Å²) in [4.78, 5) is 21.3. The minimum Gasteiger partial charge on any atom is -0.497 e. The Morgan fingerprint density at radius 3 is 2.75 bits per heavy atom. The predicted octanol–water partition coefficient (Wildman–Crippen LogP) is 3.16. The molecule has 5 aromatic rings. The Kier molecular flexibility index (Phi) is 3.34. The van der Waals surface area contributed by atoms with E-state index in [-0.39, 0.29) is 5.56 Å². The standard InChI is InChI=1S/C22H14N4O2/c1-12-3-5-19-17(7-12)22(27)26-20-14(9-15(11-23)21(26)25-19)8-13-10-16(28-2)4-6-18(13)24-20/h3-10H,1-2H3/p+1. The van der Waals surface area contributed by atoms with Crippen LogP contribution in [-0.2, 0) is 0 Å². The maximum atomic E-state index is 13.3. The van der Waals surface area contributed by atoms with Gasteiger partial charge in [-0.25, -0.2) is 14.8 Å². The molecule has 0 unspecified atom stereocenters. The van der Waals surface area contributed by atoms with Gasteiger partial charge in [-0.2, -0.15) is 5.26 Å². The summed E-state index contributed by atoms with van der Waals surface area (Å²) in [6, 6.07) is 17.1. The summed E-state index contributed by atoms with van der Waals surface area (Å²) >= 11 is 0. The third-order valence-corrected chi connectivity index (χ3v) is 5.00. The highest BCUT2D eigenvalue weighted by atomic mass is 16.5. The molecular formula is C22H15N4O2+. The molecule has 28 heavy (non-hydrogen) atoms. The molecule has 0 aliphatic rings. The fraction of sp³-hybridized carbons (Fsp3) is 0.0909. The van der Waals surface area contributed by atoms with E-state index in [2.05, 4.69) is 16.0 Å². The van der Waals surface area contributed by atoms with E-state index in [4.69, 9.17) is 4.74 Å². The van der Waals surface area contributed by atoms with E-state index in [0.717, 1.165) is 27.6 Å². The van der Waals surface area contributed by atoms with Crippen LogP contribution in [0.5, 0.6) is 5.75 Å². The number of ether oxygens (including phenoxy) is 1. The quantitative estimate of drug-likeness (QED) is 0.337. The molecule has 6 nitrogen and oxygen atoms in total. The third kappa shape index (κ3) is 2.23. The number of H-pyrrole nitrogens is 1. The molecule has 0 saturated heterocycles. The molecule has 0 saturated carbocycles. The fourth-order valence-electron chi connectivity index (χ4n) is 3.62. The second kappa shape index (κ2) is 5.76. The summed E-state index contributed by atoms with van der Waals surface area (Å²) in [7, 11) is 1.62. The molecule has 134 valence electrons. The van der Waals surface area contributed by atoms with Gasteiger partial charge >= 0.3 is 5.56 Å². The van der Waals surface area contributed by atoms with Gasteiger partial charge in [-0.1, -0.05) is 11.6 Å². The number of hydrogen-bond donors (Lipinski definition) is 0. The zero-order chi connectivity index (χ0) is 19.4. The molecule has 0 fully saturated rings. The molecule has 0 amide bonds. The van der Waals surface area contributed by atoms with Gasteiger partial charge in [0.05, 0.1) is 23.4 Å². The first-order valence-electron chi connectivity index (χ1n) is 8.79. The van der Waals surface area contributed by atoms with Gasteiger partial charge in [0.1, 0.15) is 22.9 Å². The Labute approximate surface area is 159 Å². The smallest absolute Gasteiger partial charge is 0.349 e. The van der Waals surface area contributed by atoms with Gasteiger partial charge in [0.15, 0.2) is 0 Å². The van der Waals surface area contributed by atoms with Crippen LogP contribution in [0.3, 0.4) is 0 Å². The monoisotopic (exact) mass is 367 g/mol. The second-order valence-electron chi connectivity index (χ2n) is 6.79. The average Bonchev–Trinajstić information content (AvgIpc) is 2.71. The van der Waals surface area contributed by atoms with Gasteiger partial charge < -0.3 is 4.74 Å². The van der Waals surface area contributed by atoms with Crippen LogP contribution < -0.4 is 15.3 Å². The van der Waals surface area contributed by atoms with E-state index < -0.39 is 0 Å². The fourth-order valence-corrected chi connectivity index (χ4v) is 3.62. The largest absolute Gasteiger partial charge is 0.497 e. The number of hydrogen-bond acceptors (Lipinski definition) is 4. The average molecular weight is 367 g/mol. The number of methoxy groups -OCH3 is 1. The van der Waals surface area contributed by atoms with E-state index in [0.29, 0.717) is 27.8 Å². The molecule has 3 aromatic heterocycles. The van der Waals surface area contributed by atoms with Crippen LogP contribution >= 0.6 is 0 Å². The van der Waals surface area contributed by atoms with Gasteiger partial charge in [-0.3, -0.25) is 0 Å². The van der Waals surface area contributed by atoms with Crippen molar-refractivity contribution in [2.75, 3.05) is 7.11 Å². The van der Waals surface area contributed by atoms with Crippen molar-refractivity contribution >= 4 is 38.5 Å². The molecule has 1 N–H and O–H groups in total. The van der Waals surface area contributed by atoms with E-state index >= 15 is 0 Å². The van der Waals surface area contributed by atoms with Crippen molar-refractivity contribution in [3.63, 3.8) is 0 Å². The Bertz CT molecular complexity index is 1540. The van der Waals surface area contributed by atoms with Crippen molar-refractivity contribution in [2.24, 2.45) is 0 Å². The highest BCUT2D eigenvalue weighted by molar-refractivity contribution is 5.91. The topological polar surface area (TPSA) is 81.5 Å². The van der Waals surface area contributed by atoms with Gasteiger partial charge in [-0.05, 0) is 49.4 Å². The van der Waals surface area contributed by atoms with Crippen molar-refractivity contribution in [3.8, 4) is 11.8 Å². The molecule has 5 rings (SSSR count). The normalized spacial score (nSPS) is 11.3. The second-order valence-corrected chi connectivity index (χ2v) is 6.79. The minimum absolute atomic E-state index is 0.199. The number of aryl methyl sites for hydroxylation is 1. The van der Waals surface area contributed by atoms with Crippen molar-refractivity contribution in [1.82, 2.24) is 9.38 Å². The highest BCUT2D eigenvalue weighted by Gasteiger charge is 2.20.